The van der Waals surface area contributed by atoms with E-state index >= 15 is 0 Å². The Hall–Kier alpha value is -1.75. The lowest BCUT2D eigenvalue weighted by Crippen LogP contribution is -2.16. The van der Waals surface area contributed by atoms with Gasteiger partial charge in [-0.3, -0.25) is 0 Å². The number of carbonyl (C=O) groups is 1. The van der Waals surface area contributed by atoms with Crippen molar-refractivity contribution in [2.75, 3.05) is 19.5 Å². The van der Waals surface area contributed by atoms with Crippen molar-refractivity contribution in [2.45, 2.75) is 13.0 Å². The Balaban J connectivity index is 2.83. The minimum Gasteiger partial charge on any atom is -0.495 e. The lowest BCUT2D eigenvalue weighted by Gasteiger charge is -2.10. The molecule has 0 heterocycles. The minimum absolute atomic E-state index is 0.0600. The number of esters is 1. The Morgan fingerprint density at radius 3 is 2.81 bits per heavy atom. The van der Waals surface area contributed by atoms with E-state index in [4.69, 9.17) is 20.3 Å². The number of aliphatic hydroxyl groups excluding tert-OH is 1. The van der Waals surface area contributed by atoms with E-state index in [1.807, 2.05) is 0 Å². The van der Waals surface area contributed by atoms with Gasteiger partial charge in [-0.05, 0) is 19.1 Å². The first kappa shape index (κ1) is 12.3. The van der Waals surface area contributed by atoms with E-state index in [1.165, 1.54) is 14.0 Å². The quantitative estimate of drug-likeness (QED) is 0.585. The van der Waals surface area contributed by atoms with Gasteiger partial charge in [0.25, 0.3) is 0 Å². The smallest absolute Gasteiger partial charge is 0.340 e. The molecule has 0 bridgehead atoms. The topological polar surface area (TPSA) is 81.8 Å². The molecule has 5 heteroatoms. The molecule has 1 aromatic carbocycles. The molecule has 88 valence electrons. The average molecular weight is 225 g/mol. The van der Waals surface area contributed by atoms with E-state index in [9.17, 15) is 4.79 Å². The van der Waals surface area contributed by atoms with Gasteiger partial charge >= 0.3 is 5.97 Å². The first-order valence-corrected chi connectivity index (χ1v) is 4.84. The van der Waals surface area contributed by atoms with Crippen molar-refractivity contribution >= 4 is 11.7 Å². The number of rotatable bonds is 4. The Morgan fingerprint density at radius 2 is 2.25 bits per heavy atom. The van der Waals surface area contributed by atoms with Gasteiger partial charge in [-0.2, -0.15) is 0 Å². The van der Waals surface area contributed by atoms with Crippen LogP contribution in [0.5, 0.6) is 5.75 Å². The summed E-state index contributed by atoms with van der Waals surface area (Å²) in [5.74, 6) is -0.149. The Morgan fingerprint density at radius 1 is 1.56 bits per heavy atom. The second-order valence-electron chi connectivity index (χ2n) is 3.37. The second-order valence-corrected chi connectivity index (χ2v) is 3.37. The number of nitrogens with two attached hydrogens (primary N) is 1. The molecule has 0 fully saturated rings. The highest BCUT2D eigenvalue weighted by atomic mass is 16.5. The van der Waals surface area contributed by atoms with Crippen LogP contribution in [0.3, 0.4) is 0 Å². The highest BCUT2D eigenvalue weighted by Crippen LogP contribution is 2.25. The van der Waals surface area contributed by atoms with Crippen LogP contribution in [-0.4, -0.2) is 30.9 Å². The van der Waals surface area contributed by atoms with E-state index in [1.54, 1.807) is 18.2 Å². The standard InChI is InChI=1S/C11H15NO4/c1-7(13)6-16-11(14)8-4-3-5-9(15-2)10(8)12/h3-5,7,13H,6,12H2,1-2H3. The number of hydrogen-bond donors (Lipinski definition) is 2. The highest BCUT2D eigenvalue weighted by molar-refractivity contribution is 5.96. The van der Waals surface area contributed by atoms with Gasteiger partial charge in [-0.1, -0.05) is 6.07 Å². The molecule has 1 rings (SSSR count). The molecule has 0 aliphatic carbocycles. The molecular weight excluding hydrogens is 210 g/mol. The number of hydrogen-bond acceptors (Lipinski definition) is 5. The van der Waals surface area contributed by atoms with Crippen LogP contribution in [0.2, 0.25) is 0 Å². The van der Waals surface area contributed by atoms with Gasteiger partial charge in [0.1, 0.15) is 12.4 Å². The van der Waals surface area contributed by atoms with Crippen molar-refractivity contribution in [3.63, 3.8) is 0 Å². The average Bonchev–Trinajstić information content (AvgIpc) is 2.26. The molecule has 5 nitrogen and oxygen atoms in total. The van der Waals surface area contributed by atoms with E-state index in [0.29, 0.717) is 5.75 Å². The number of nitrogen functional groups attached to an aromatic ring is 1. The summed E-state index contributed by atoms with van der Waals surface area (Å²) in [6.07, 6.45) is -0.698. The van der Waals surface area contributed by atoms with Gasteiger partial charge in [0.05, 0.1) is 24.5 Å². The SMILES string of the molecule is COc1cccc(C(=O)OCC(C)O)c1N. The zero-order valence-corrected chi connectivity index (χ0v) is 9.27. The molecule has 0 saturated heterocycles. The minimum atomic E-state index is -0.698. The van der Waals surface area contributed by atoms with Crippen molar-refractivity contribution in [1.82, 2.24) is 0 Å². The Labute approximate surface area is 93.8 Å². The van der Waals surface area contributed by atoms with Gasteiger partial charge in [0, 0.05) is 0 Å². The van der Waals surface area contributed by atoms with Crippen LogP contribution >= 0.6 is 0 Å². The number of aliphatic hydroxyl groups is 1. The zero-order valence-electron chi connectivity index (χ0n) is 9.27. The molecule has 0 aliphatic heterocycles. The fourth-order valence-electron chi connectivity index (χ4n) is 1.17. The van der Waals surface area contributed by atoms with Crippen molar-refractivity contribution in [3.8, 4) is 5.75 Å². The third-order valence-corrected chi connectivity index (χ3v) is 1.96. The van der Waals surface area contributed by atoms with Crippen molar-refractivity contribution < 1.29 is 19.4 Å². The van der Waals surface area contributed by atoms with Crippen LogP contribution in [0.15, 0.2) is 18.2 Å². The monoisotopic (exact) mass is 225 g/mol. The first-order valence-electron chi connectivity index (χ1n) is 4.84. The van der Waals surface area contributed by atoms with Crippen molar-refractivity contribution in [3.05, 3.63) is 23.8 Å². The summed E-state index contributed by atoms with van der Waals surface area (Å²) in [5.41, 5.74) is 6.19. The molecule has 3 N–H and O–H groups in total. The van der Waals surface area contributed by atoms with E-state index < -0.39 is 12.1 Å². The lowest BCUT2D eigenvalue weighted by atomic mass is 10.1. The Kier molecular flexibility index (Phi) is 4.13. The maximum absolute atomic E-state index is 11.6. The molecule has 1 atom stereocenters. The summed E-state index contributed by atoms with van der Waals surface area (Å²) in [5, 5.41) is 8.99. The number of anilines is 1. The maximum atomic E-state index is 11.6. The van der Waals surface area contributed by atoms with Gasteiger partial charge in [0.15, 0.2) is 0 Å². The number of methoxy groups -OCH3 is 1. The largest absolute Gasteiger partial charge is 0.495 e. The summed E-state index contributed by atoms with van der Waals surface area (Å²) < 4.78 is 9.82. The summed E-state index contributed by atoms with van der Waals surface area (Å²) >= 11 is 0. The lowest BCUT2D eigenvalue weighted by molar-refractivity contribution is 0.0297. The van der Waals surface area contributed by atoms with Gasteiger partial charge in [-0.25, -0.2) is 4.79 Å². The van der Waals surface area contributed by atoms with Gasteiger partial charge in [0.2, 0.25) is 0 Å². The molecule has 0 spiro atoms. The van der Waals surface area contributed by atoms with E-state index in [-0.39, 0.29) is 17.9 Å². The van der Waals surface area contributed by atoms with Crippen LogP contribution in [-0.2, 0) is 4.74 Å². The molecule has 0 radical (unpaired) electrons. The summed E-state index contributed by atoms with van der Waals surface area (Å²) in [6.45, 7) is 1.47. The molecule has 1 unspecified atom stereocenters. The molecular formula is C11H15NO4. The van der Waals surface area contributed by atoms with Crippen LogP contribution in [0.4, 0.5) is 5.69 Å². The molecule has 0 saturated carbocycles. The van der Waals surface area contributed by atoms with E-state index in [0.717, 1.165) is 0 Å². The van der Waals surface area contributed by atoms with Crippen LogP contribution < -0.4 is 10.5 Å². The third kappa shape index (κ3) is 2.87. The summed E-state index contributed by atoms with van der Waals surface area (Å²) in [4.78, 5) is 11.6. The first-order chi connectivity index (χ1) is 7.56. The van der Waals surface area contributed by atoms with Crippen LogP contribution in [0, 0.1) is 0 Å². The van der Waals surface area contributed by atoms with E-state index in [2.05, 4.69) is 0 Å². The van der Waals surface area contributed by atoms with Gasteiger partial charge in [-0.15, -0.1) is 0 Å². The summed E-state index contributed by atoms with van der Waals surface area (Å²) in [7, 11) is 1.47. The Bertz CT molecular complexity index is 376. The normalized spacial score (nSPS) is 11.9. The predicted molar refractivity (Wildman–Crippen MR) is 59.4 cm³/mol. The zero-order chi connectivity index (χ0) is 12.1. The summed E-state index contributed by atoms with van der Waals surface area (Å²) in [6, 6.07) is 4.84. The number of benzene rings is 1. The second kappa shape index (κ2) is 5.37. The van der Waals surface area contributed by atoms with Crippen LogP contribution in [0.25, 0.3) is 0 Å². The fraction of sp³-hybridized carbons (Fsp3) is 0.364. The molecule has 1 aromatic rings. The predicted octanol–water partition coefficient (Wildman–Crippen LogP) is 0.815. The number of para-hydroxylation sites is 1. The fourth-order valence-corrected chi connectivity index (χ4v) is 1.17. The van der Waals surface area contributed by atoms with Crippen LogP contribution in [0.1, 0.15) is 17.3 Å². The number of ether oxygens (including phenoxy) is 2. The third-order valence-electron chi connectivity index (χ3n) is 1.96. The number of carbonyl (C=O) groups excluding carboxylic acids is 1. The maximum Gasteiger partial charge on any atom is 0.340 e. The van der Waals surface area contributed by atoms with Gasteiger partial charge < -0.3 is 20.3 Å². The molecule has 0 aromatic heterocycles. The molecule has 0 aliphatic rings. The van der Waals surface area contributed by atoms with Crippen molar-refractivity contribution in [2.24, 2.45) is 0 Å². The molecule has 0 amide bonds. The molecule has 16 heavy (non-hydrogen) atoms. The van der Waals surface area contributed by atoms with Crippen molar-refractivity contribution in [1.29, 1.82) is 0 Å². The highest BCUT2D eigenvalue weighted by Gasteiger charge is 2.14.